The Bertz CT molecular complexity index is 429. The van der Waals surface area contributed by atoms with Gasteiger partial charge in [-0.3, -0.25) is 4.79 Å². The van der Waals surface area contributed by atoms with E-state index < -0.39 is 17.8 Å². The van der Waals surface area contributed by atoms with Gasteiger partial charge in [0, 0.05) is 6.54 Å². The maximum atomic E-state index is 12.4. The Labute approximate surface area is 116 Å². The second kappa shape index (κ2) is 7.28. The van der Waals surface area contributed by atoms with E-state index in [1.54, 1.807) is 6.92 Å². The number of hydrogen-bond acceptors (Lipinski definition) is 3. The zero-order valence-corrected chi connectivity index (χ0v) is 11.5. The van der Waals surface area contributed by atoms with E-state index in [2.05, 4.69) is 5.32 Å². The van der Waals surface area contributed by atoms with Crippen LogP contribution < -0.4 is 5.32 Å². The molecule has 0 aliphatic rings. The third-order valence-corrected chi connectivity index (χ3v) is 2.81. The quantitative estimate of drug-likeness (QED) is 0.818. The van der Waals surface area contributed by atoms with Gasteiger partial charge >= 0.3 is 12.1 Å². The van der Waals surface area contributed by atoms with Crippen molar-refractivity contribution in [2.24, 2.45) is 0 Å². The number of alkyl halides is 3. The summed E-state index contributed by atoms with van der Waals surface area (Å²) < 4.78 is 42.1. The van der Waals surface area contributed by atoms with Gasteiger partial charge in [0.15, 0.2) is 0 Å². The van der Waals surface area contributed by atoms with E-state index in [4.69, 9.17) is 4.74 Å². The standard InChI is InChI=1S/C14H18F3NO2/c1-3-12(13(19)20-4-2)18-9-10-5-7-11(8-6-10)14(15,16)17/h5-8,12,18H,3-4,9H2,1-2H3. The number of halogens is 3. The fourth-order valence-corrected chi connectivity index (χ4v) is 1.69. The zero-order chi connectivity index (χ0) is 15.2. The first-order valence-electron chi connectivity index (χ1n) is 6.44. The van der Waals surface area contributed by atoms with Crippen LogP contribution in [0.3, 0.4) is 0 Å². The number of nitrogens with one attached hydrogen (secondary N) is 1. The maximum absolute atomic E-state index is 12.4. The lowest BCUT2D eigenvalue weighted by atomic mass is 10.1. The van der Waals surface area contributed by atoms with Crippen molar-refractivity contribution in [2.45, 2.75) is 39.0 Å². The van der Waals surface area contributed by atoms with E-state index in [-0.39, 0.29) is 5.97 Å². The van der Waals surface area contributed by atoms with Gasteiger partial charge in [-0.15, -0.1) is 0 Å². The molecule has 20 heavy (non-hydrogen) atoms. The van der Waals surface area contributed by atoms with Crippen molar-refractivity contribution < 1.29 is 22.7 Å². The van der Waals surface area contributed by atoms with Gasteiger partial charge in [-0.05, 0) is 31.0 Å². The lowest BCUT2D eigenvalue weighted by Gasteiger charge is -2.15. The highest BCUT2D eigenvalue weighted by molar-refractivity contribution is 5.75. The molecule has 0 aromatic heterocycles. The van der Waals surface area contributed by atoms with Crippen molar-refractivity contribution in [2.75, 3.05) is 6.61 Å². The van der Waals surface area contributed by atoms with Crippen LogP contribution in [0, 0.1) is 0 Å². The molecule has 1 atom stereocenters. The molecule has 112 valence electrons. The molecule has 0 bridgehead atoms. The Morgan fingerprint density at radius 3 is 2.30 bits per heavy atom. The molecule has 0 fully saturated rings. The van der Waals surface area contributed by atoms with Gasteiger partial charge < -0.3 is 10.1 Å². The SMILES string of the molecule is CCOC(=O)C(CC)NCc1ccc(C(F)(F)F)cc1. The molecule has 1 aromatic carbocycles. The van der Waals surface area contributed by atoms with Crippen molar-refractivity contribution in [1.29, 1.82) is 0 Å². The summed E-state index contributed by atoms with van der Waals surface area (Å²) in [6.07, 6.45) is -3.78. The van der Waals surface area contributed by atoms with E-state index in [0.717, 1.165) is 12.1 Å². The van der Waals surface area contributed by atoms with Crippen molar-refractivity contribution in [3.63, 3.8) is 0 Å². The number of ether oxygens (including phenoxy) is 1. The lowest BCUT2D eigenvalue weighted by Crippen LogP contribution is -2.37. The molecule has 0 aliphatic carbocycles. The summed E-state index contributed by atoms with van der Waals surface area (Å²) in [5.41, 5.74) is -0.000525. The van der Waals surface area contributed by atoms with E-state index in [9.17, 15) is 18.0 Å². The minimum Gasteiger partial charge on any atom is -0.465 e. The molecule has 0 heterocycles. The van der Waals surface area contributed by atoms with Gasteiger partial charge in [0.1, 0.15) is 6.04 Å². The van der Waals surface area contributed by atoms with Gasteiger partial charge in [-0.1, -0.05) is 19.1 Å². The number of esters is 1. The third kappa shape index (κ3) is 4.85. The molecule has 1 aromatic rings. The predicted octanol–water partition coefficient (Wildman–Crippen LogP) is 3.14. The second-order valence-electron chi connectivity index (χ2n) is 4.29. The number of hydrogen-bond donors (Lipinski definition) is 1. The minimum absolute atomic E-state index is 0.303. The molecule has 3 nitrogen and oxygen atoms in total. The van der Waals surface area contributed by atoms with E-state index in [1.165, 1.54) is 12.1 Å². The molecular formula is C14H18F3NO2. The normalized spacial score (nSPS) is 13.1. The minimum atomic E-state index is -4.33. The van der Waals surface area contributed by atoms with Gasteiger partial charge in [-0.2, -0.15) is 13.2 Å². The van der Waals surface area contributed by atoms with Crippen LogP contribution in [0.5, 0.6) is 0 Å². The van der Waals surface area contributed by atoms with Crippen LogP contribution in [0.2, 0.25) is 0 Å². The first-order chi connectivity index (χ1) is 9.38. The molecule has 1 N–H and O–H groups in total. The topological polar surface area (TPSA) is 38.3 Å². The average Bonchev–Trinajstić information content (AvgIpc) is 2.39. The zero-order valence-electron chi connectivity index (χ0n) is 11.5. The second-order valence-corrected chi connectivity index (χ2v) is 4.29. The smallest absolute Gasteiger partial charge is 0.416 e. The highest BCUT2D eigenvalue weighted by Gasteiger charge is 2.29. The largest absolute Gasteiger partial charge is 0.465 e. The molecule has 0 amide bonds. The molecule has 1 rings (SSSR count). The van der Waals surface area contributed by atoms with Gasteiger partial charge in [0.05, 0.1) is 12.2 Å². The van der Waals surface area contributed by atoms with Crippen molar-refractivity contribution in [3.8, 4) is 0 Å². The van der Waals surface area contributed by atoms with Crippen LogP contribution in [0.25, 0.3) is 0 Å². The average molecular weight is 289 g/mol. The molecular weight excluding hydrogens is 271 g/mol. The molecule has 1 unspecified atom stereocenters. The Morgan fingerprint density at radius 1 is 1.25 bits per heavy atom. The summed E-state index contributed by atoms with van der Waals surface area (Å²) in [5, 5.41) is 2.97. The molecule has 6 heteroatoms. The fourth-order valence-electron chi connectivity index (χ4n) is 1.69. The van der Waals surface area contributed by atoms with E-state index in [0.29, 0.717) is 25.1 Å². The van der Waals surface area contributed by atoms with Crippen LogP contribution in [0.15, 0.2) is 24.3 Å². The summed E-state index contributed by atoms with van der Waals surface area (Å²) in [7, 11) is 0. The monoisotopic (exact) mass is 289 g/mol. The number of benzene rings is 1. The van der Waals surface area contributed by atoms with Crippen molar-refractivity contribution in [3.05, 3.63) is 35.4 Å². The van der Waals surface area contributed by atoms with E-state index >= 15 is 0 Å². The number of rotatable bonds is 6. The number of carbonyl (C=O) groups is 1. The maximum Gasteiger partial charge on any atom is 0.416 e. The molecule has 0 saturated heterocycles. The Balaban J connectivity index is 2.58. The van der Waals surface area contributed by atoms with Crippen LogP contribution >= 0.6 is 0 Å². The van der Waals surface area contributed by atoms with Gasteiger partial charge in [0.2, 0.25) is 0 Å². The lowest BCUT2D eigenvalue weighted by molar-refractivity contribution is -0.145. The Morgan fingerprint density at radius 2 is 1.85 bits per heavy atom. The Hall–Kier alpha value is -1.56. The summed E-state index contributed by atoms with van der Waals surface area (Å²) in [6, 6.07) is 4.41. The van der Waals surface area contributed by atoms with Crippen LogP contribution in [0.1, 0.15) is 31.4 Å². The predicted molar refractivity (Wildman–Crippen MR) is 69.0 cm³/mol. The van der Waals surface area contributed by atoms with Crippen molar-refractivity contribution >= 4 is 5.97 Å². The van der Waals surface area contributed by atoms with Crippen molar-refractivity contribution in [1.82, 2.24) is 5.32 Å². The van der Waals surface area contributed by atoms with Gasteiger partial charge in [0.25, 0.3) is 0 Å². The highest BCUT2D eigenvalue weighted by atomic mass is 19.4. The van der Waals surface area contributed by atoms with Crippen LogP contribution in [-0.4, -0.2) is 18.6 Å². The Kier molecular flexibility index (Phi) is 6.01. The fraction of sp³-hybridized carbons (Fsp3) is 0.500. The summed E-state index contributed by atoms with van der Waals surface area (Å²) in [4.78, 5) is 11.5. The van der Waals surface area contributed by atoms with Gasteiger partial charge in [-0.25, -0.2) is 0 Å². The number of carbonyl (C=O) groups excluding carboxylic acids is 1. The summed E-state index contributed by atoms with van der Waals surface area (Å²) in [5.74, 6) is -0.345. The van der Waals surface area contributed by atoms with Crippen LogP contribution in [0.4, 0.5) is 13.2 Å². The molecule has 0 radical (unpaired) electrons. The first kappa shape index (κ1) is 16.5. The van der Waals surface area contributed by atoms with Crippen LogP contribution in [-0.2, 0) is 22.3 Å². The van der Waals surface area contributed by atoms with E-state index in [1.807, 2.05) is 6.92 Å². The molecule has 0 saturated carbocycles. The highest BCUT2D eigenvalue weighted by Crippen LogP contribution is 2.29. The summed E-state index contributed by atoms with van der Waals surface area (Å²) in [6.45, 7) is 4.18. The third-order valence-electron chi connectivity index (χ3n) is 2.81. The first-order valence-corrected chi connectivity index (χ1v) is 6.44. The molecule has 0 aliphatic heterocycles. The summed E-state index contributed by atoms with van der Waals surface area (Å²) >= 11 is 0. The molecule has 0 spiro atoms.